The second-order valence-electron chi connectivity index (χ2n) is 5.97. The van der Waals surface area contributed by atoms with Crippen molar-refractivity contribution in [1.82, 2.24) is 19.1 Å². The summed E-state index contributed by atoms with van der Waals surface area (Å²) < 4.78 is 3.15. The summed E-state index contributed by atoms with van der Waals surface area (Å²) in [6.45, 7) is 5.73. The molecule has 1 atom stereocenters. The fraction of sp³-hybridized carbons (Fsp3) is 0.600. The van der Waals surface area contributed by atoms with Crippen LogP contribution in [0.15, 0.2) is 29.2 Å². The summed E-state index contributed by atoms with van der Waals surface area (Å²) in [4.78, 5) is 14.6. The summed E-state index contributed by atoms with van der Waals surface area (Å²) in [6.07, 6.45) is 4.06. The van der Waals surface area contributed by atoms with Crippen molar-refractivity contribution < 1.29 is 0 Å². The van der Waals surface area contributed by atoms with Crippen LogP contribution in [0, 0.1) is 5.92 Å². The molecular weight excluding hydrogens is 266 g/mol. The van der Waals surface area contributed by atoms with Crippen molar-refractivity contribution in [3.8, 4) is 0 Å². The molecule has 1 saturated heterocycles. The highest BCUT2D eigenvalue weighted by Crippen LogP contribution is 2.19. The SMILES string of the molecule is CC(N)C1CCN(CCn2nc3ccccn3c2=O)CC1. The Hall–Kier alpha value is -1.66. The van der Waals surface area contributed by atoms with E-state index < -0.39 is 0 Å². The summed E-state index contributed by atoms with van der Waals surface area (Å²) in [6, 6.07) is 5.88. The highest BCUT2D eigenvalue weighted by Gasteiger charge is 2.21. The lowest BCUT2D eigenvalue weighted by Gasteiger charge is -2.33. The summed E-state index contributed by atoms with van der Waals surface area (Å²) in [7, 11) is 0. The van der Waals surface area contributed by atoms with E-state index >= 15 is 0 Å². The van der Waals surface area contributed by atoms with Gasteiger partial charge in [-0.05, 0) is 50.9 Å². The van der Waals surface area contributed by atoms with Gasteiger partial charge in [0.05, 0.1) is 6.54 Å². The number of likely N-dealkylation sites (tertiary alicyclic amines) is 1. The molecule has 0 amide bonds. The van der Waals surface area contributed by atoms with E-state index in [0.29, 0.717) is 18.1 Å². The first-order valence-corrected chi connectivity index (χ1v) is 7.67. The number of aromatic nitrogens is 3. The monoisotopic (exact) mass is 289 g/mol. The molecule has 3 rings (SSSR count). The standard InChI is InChI=1S/C15H23N5O/c1-12(16)13-5-8-18(9-6-13)10-11-20-15(21)19-7-3-2-4-14(19)17-20/h2-4,7,12-13H,5-6,8-11,16H2,1H3. The van der Waals surface area contributed by atoms with Gasteiger partial charge in [0, 0.05) is 18.8 Å². The van der Waals surface area contributed by atoms with Gasteiger partial charge in [0.15, 0.2) is 5.65 Å². The molecule has 1 aliphatic rings. The van der Waals surface area contributed by atoms with Gasteiger partial charge in [-0.25, -0.2) is 9.48 Å². The first-order chi connectivity index (χ1) is 10.1. The van der Waals surface area contributed by atoms with E-state index in [9.17, 15) is 4.79 Å². The van der Waals surface area contributed by atoms with Crippen LogP contribution in [0.5, 0.6) is 0 Å². The van der Waals surface area contributed by atoms with Crippen molar-refractivity contribution in [2.75, 3.05) is 19.6 Å². The van der Waals surface area contributed by atoms with Crippen molar-refractivity contribution in [3.63, 3.8) is 0 Å². The lowest BCUT2D eigenvalue weighted by molar-refractivity contribution is 0.165. The van der Waals surface area contributed by atoms with Gasteiger partial charge < -0.3 is 10.6 Å². The van der Waals surface area contributed by atoms with E-state index in [1.165, 1.54) is 0 Å². The van der Waals surface area contributed by atoms with Gasteiger partial charge in [0.1, 0.15) is 0 Å². The fourth-order valence-electron chi connectivity index (χ4n) is 3.05. The van der Waals surface area contributed by atoms with Crippen LogP contribution in [0.4, 0.5) is 0 Å². The zero-order valence-electron chi connectivity index (χ0n) is 12.5. The molecule has 0 aliphatic carbocycles. The van der Waals surface area contributed by atoms with Gasteiger partial charge in [-0.2, -0.15) is 0 Å². The Morgan fingerprint density at radius 2 is 2.10 bits per heavy atom. The maximum atomic E-state index is 12.2. The molecule has 0 saturated carbocycles. The normalized spacial score (nSPS) is 19.1. The number of hydrogen-bond donors (Lipinski definition) is 1. The molecule has 114 valence electrons. The highest BCUT2D eigenvalue weighted by molar-refractivity contribution is 5.35. The molecule has 0 aromatic carbocycles. The van der Waals surface area contributed by atoms with Crippen LogP contribution in [0.3, 0.4) is 0 Å². The minimum atomic E-state index is -0.0592. The molecule has 6 nitrogen and oxygen atoms in total. The van der Waals surface area contributed by atoms with E-state index in [0.717, 1.165) is 32.5 Å². The van der Waals surface area contributed by atoms with E-state index in [1.807, 2.05) is 18.2 Å². The van der Waals surface area contributed by atoms with Crippen molar-refractivity contribution in [3.05, 3.63) is 34.9 Å². The Bertz CT molecular complexity index is 651. The lowest BCUT2D eigenvalue weighted by Crippen LogP contribution is -2.41. The summed E-state index contributed by atoms with van der Waals surface area (Å²) in [5, 5.41) is 4.36. The molecule has 6 heteroatoms. The van der Waals surface area contributed by atoms with Crippen LogP contribution < -0.4 is 11.4 Å². The predicted octanol–water partition coefficient (Wildman–Crippen LogP) is 0.555. The Balaban J connectivity index is 1.60. The fourth-order valence-corrected chi connectivity index (χ4v) is 3.05. The van der Waals surface area contributed by atoms with Gasteiger partial charge in [-0.1, -0.05) is 6.07 Å². The molecule has 3 heterocycles. The predicted molar refractivity (Wildman–Crippen MR) is 82.3 cm³/mol. The number of pyridine rings is 1. The van der Waals surface area contributed by atoms with E-state index in [-0.39, 0.29) is 11.7 Å². The van der Waals surface area contributed by atoms with Crippen LogP contribution in [0.1, 0.15) is 19.8 Å². The minimum absolute atomic E-state index is 0.0592. The number of nitrogens with zero attached hydrogens (tertiary/aromatic N) is 4. The van der Waals surface area contributed by atoms with E-state index in [2.05, 4.69) is 16.9 Å². The highest BCUT2D eigenvalue weighted by atomic mass is 16.2. The molecule has 21 heavy (non-hydrogen) atoms. The number of rotatable bonds is 4. The van der Waals surface area contributed by atoms with Gasteiger partial charge >= 0.3 is 5.69 Å². The number of fused-ring (bicyclic) bond motifs is 1. The summed E-state index contributed by atoms with van der Waals surface area (Å²) >= 11 is 0. The molecule has 0 spiro atoms. The van der Waals surface area contributed by atoms with E-state index in [1.54, 1.807) is 15.3 Å². The average molecular weight is 289 g/mol. The summed E-state index contributed by atoms with van der Waals surface area (Å²) in [5.74, 6) is 0.638. The van der Waals surface area contributed by atoms with Crippen molar-refractivity contribution in [1.29, 1.82) is 0 Å². The second kappa shape index (κ2) is 5.99. The third-order valence-electron chi connectivity index (χ3n) is 4.49. The van der Waals surface area contributed by atoms with Crippen molar-refractivity contribution >= 4 is 5.65 Å². The van der Waals surface area contributed by atoms with Crippen LogP contribution >= 0.6 is 0 Å². The second-order valence-corrected chi connectivity index (χ2v) is 5.97. The Kier molecular flexibility index (Phi) is 4.07. The number of hydrogen-bond acceptors (Lipinski definition) is 4. The van der Waals surface area contributed by atoms with Crippen LogP contribution in [0.2, 0.25) is 0 Å². The molecule has 2 N–H and O–H groups in total. The topological polar surface area (TPSA) is 68.6 Å². The zero-order valence-corrected chi connectivity index (χ0v) is 12.5. The van der Waals surface area contributed by atoms with Gasteiger partial charge in [0.25, 0.3) is 0 Å². The van der Waals surface area contributed by atoms with Crippen molar-refractivity contribution in [2.45, 2.75) is 32.4 Å². The molecular formula is C15H23N5O. The maximum absolute atomic E-state index is 12.2. The third kappa shape index (κ3) is 3.01. The first kappa shape index (κ1) is 14.3. The van der Waals surface area contributed by atoms with Gasteiger partial charge in [-0.3, -0.25) is 4.40 Å². The number of nitrogens with two attached hydrogens (primary N) is 1. The van der Waals surface area contributed by atoms with Gasteiger partial charge in [0.2, 0.25) is 0 Å². The van der Waals surface area contributed by atoms with Crippen LogP contribution in [0.25, 0.3) is 5.65 Å². The Morgan fingerprint density at radius 3 is 2.76 bits per heavy atom. The Morgan fingerprint density at radius 1 is 1.33 bits per heavy atom. The third-order valence-corrected chi connectivity index (χ3v) is 4.49. The van der Waals surface area contributed by atoms with Gasteiger partial charge in [-0.15, -0.1) is 5.10 Å². The molecule has 0 radical (unpaired) electrons. The molecule has 0 bridgehead atoms. The Labute approximate surface area is 124 Å². The van der Waals surface area contributed by atoms with Crippen LogP contribution in [-0.4, -0.2) is 44.8 Å². The minimum Gasteiger partial charge on any atom is -0.328 e. The zero-order chi connectivity index (χ0) is 14.8. The summed E-state index contributed by atoms with van der Waals surface area (Å²) in [5.41, 5.74) is 6.61. The lowest BCUT2D eigenvalue weighted by atomic mass is 9.91. The molecule has 2 aromatic heterocycles. The smallest absolute Gasteiger partial charge is 0.328 e. The first-order valence-electron chi connectivity index (χ1n) is 7.67. The quantitative estimate of drug-likeness (QED) is 0.893. The molecule has 2 aromatic rings. The van der Waals surface area contributed by atoms with Crippen LogP contribution in [-0.2, 0) is 6.54 Å². The largest absolute Gasteiger partial charge is 0.350 e. The van der Waals surface area contributed by atoms with E-state index in [4.69, 9.17) is 5.73 Å². The number of piperidine rings is 1. The maximum Gasteiger partial charge on any atom is 0.350 e. The van der Waals surface area contributed by atoms with Crippen molar-refractivity contribution in [2.24, 2.45) is 11.7 Å². The molecule has 1 aliphatic heterocycles. The molecule has 1 unspecified atom stereocenters. The average Bonchev–Trinajstić information content (AvgIpc) is 2.82. The molecule has 1 fully saturated rings.